The van der Waals surface area contributed by atoms with E-state index in [4.69, 9.17) is 4.84 Å². The lowest BCUT2D eigenvalue weighted by Crippen LogP contribution is -2.34. The fraction of sp³-hybridized carbons (Fsp3) is 1.00. The first-order chi connectivity index (χ1) is 6.40. The molecule has 76 valence electrons. The second-order valence-corrected chi connectivity index (χ2v) is 4.51. The standard InChI is InChI=1S/C11H21NO/c1-2-13-12-11-5-3-4-10(8-11)9-6-7-9/h9-12H,2-8H2,1H3. The van der Waals surface area contributed by atoms with Crippen molar-refractivity contribution in [2.45, 2.75) is 51.5 Å². The van der Waals surface area contributed by atoms with Crippen LogP contribution in [0.5, 0.6) is 0 Å². The van der Waals surface area contributed by atoms with Gasteiger partial charge in [-0.05, 0) is 44.4 Å². The van der Waals surface area contributed by atoms with Gasteiger partial charge < -0.3 is 4.84 Å². The molecule has 0 saturated heterocycles. The van der Waals surface area contributed by atoms with Crippen molar-refractivity contribution in [2.24, 2.45) is 11.8 Å². The first-order valence-electron chi connectivity index (χ1n) is 5.77. The van der Waals surface area contributed by atoms with Crippen LogP contribution in [-0.4, -0.2) is 12.6 Å². The molecule has 2 rings (SSSR count). The van der Waals surface area contributed by atoms with E-state index in [1.165, 1.54) is 38.5 Å². The average molecular weight is 183 g/mol. The first kappa shape index (κ1) is 9.47. The summed E-state index contributed by atoms with van der Waals surface area (Å²) in [6.45, 7) is 2.82. The molecule has 2 fully saturated rings. The number of nitrogens with one attached hydrogen (secondary N) is 1. The van der Waals surface area contributed by atoms with E-state index < -0.39 is 0 Å². The average Bonchev–Trinajstić information content (AvgIpc) is 2.98. The zero-order valence-corrected chi connectivity index (χ0v) is 8.59. The summed E-state index contributed by atoms with van der Waals surface area (Å²) in [5, 5.41) is 0. The SMILES string of the molecule is CCONC1CCCC(C2CC2)C1. The fourth-order valence-corrected chi connectivity index (χ4v) is 2.53. The van der Waals surface area contributed by atoms with Crippen LogP contribution in [0.4, 0.5) is 0 Å². The quantitative estimate of drug-likeness (QED) is 0.676. The predicted octanol–water partition coefficient (Wildman–Crippen LogP) is 2.50. The van der Waals surface area contributed by atoms with Gasteiger partial charge in [0.1, 0.15) is 0 Å². The lowest BCUT2D eigenvalue weighted by atomic mass is 9.83. The van der Waals surface area contributed by atoms with Crippen molar-refractivity contribution in [3.63, 3.8) is 0 Å². The van der Waals surface area contributed by atoms with Crippen LogP contribution in [0.2, 0.25) is 0 Å². The van der Waals surface area contributed by atoms with Crippen LogP contribution in [-0.2, 0) is 4.84 Å². The molecule has 2 aliphatic rings. The third-order valence-electron chi connectivity index (χ3n) is 3.40. The van der Waals surface area contributed by atoms with Gasteiger partial charge in [-0.2, -0.15) is 5.48 Å². The maximum absolute atomic E-state index is 5.27. The van der Waals surface area contributed by atoms with E-state index in [1.807, 2.05) is 6.92 Å². The number of hydrogen-bond donors (Lipinski definition) is 1. The molecule has 2 unspecified atom stereocenters. The minimum atomic E-state index is 0.638. The molecule has 0 spiro atoms. The maximum Gasteiger partial charge on any atom is 0.0654 e. The van der Waals surface area contributed by atoms with E-state index in [0.717, 1.165) is 18.4 Å². The van der Waals surface area contributed by atoms with Gasteiger partial charge in [0.15, 0.2) is 0 Å². The second kappa shape index (κ2) is 4.43. The van der Waals surface area contributed by atoms with Gasteiger partial charge in [0.25, 0.3) is 0 Å². The third-order valence-corrected chi connectivity index (χ3v) is 3.40. The van der Waals surface area contributed by atoms with Gasteiger partial charge in [-0.3, -0.25) is 0 Å². The Hall–Kier alpha value is -0.0800. The highest BCUT2D eigenvalue weighted by Crippen LogP contribution is 2.43. The molecule has 0 radical (unpaired) electrons. The number of rotatable bonds is 4. The van der Waals surface area contributed by atoms with Crippen molar-refractivity contribution >= 4 is 0 Å². The van der Waals surface area contributed by atoms with Crippen molar-refractivity contribution in [3.05, 3.63) is 0 Å². The minimum absolute atomic E-state index is 0.638. The Morgan fingerprint density at radius 1 is 1.15 bits per heavy atom. The molecule has 0 amide bonds. The van der Waals surface area contributed by atoms with Gasteiger partial charge in [-0.1, -0.05) is 12.8 Å². The molecular weight excluding hydrogens is 162 g/mol. The third kappa shape index (κ3) is 2.68. The predicted molar refractivity (Wildman–Crippen MR) is 53.2 cm³/mol. The fourth-order valence-electron chi connectivity index (χ4n) is 2.53. The molecule has 2 atom stereocenters. The van der Waals surface area contributed by atoms with Gasteiger partial charge in [-0.25, -0.2) is 0 Å². The van der Waals surface area contributed by atoms with Gasteiger partial charge >= 0.3 is 0 Å². The Morgan fingerprint density at radius 3 is 2.69 bits per heavy atom. The molecule has 0 aromatic rings. The van der Waals surface area contributed by atoms with E-state index in [2.05, 4.69) is 5.48 Å². The van der Waals surface area contributed by atoms with E-state index in [9.17, 15) is 0 Å². The summed E-state index contributed by atoms with van der Waals surface area (Å²) in [4.78, 5) is 5.27. The van der Waals surface area contributed by atoms with Crippen molar-refractivity contribution in [3.8, 4) is 0 Å². The molecule has 2 heteroatoms. The summed E-state index contributed by atoms with van der Waals surface area (Å²) in [5.74, 6) is 2.08. The Kier molecular flexibility index (Phi) is 3.23. The largest absolute Gasteiger partial charge is 0.302 e. The summed E-state index contributed by atoms with van der Waals surface area (Å²) in [5.41, 5.74) is 3.18. The van der Waals surface area contributed by atoms with E-state index in [1.54, 1.807) is 0 Å². The van der Waals surface area contributed by atoms with Crippen molar-refractivity contribution in [2.75, 3.05) is 6.61 Å². The molecule has 0 heterocycles. The van der Waals surface area contributed by atoms with Crippen LogP contribution < -0.4 is 5.48 Å². The van der Waals surface area contributed by atoms with Gasteiger partial charge in [0.05, 0.1) is 6.61 Å². The van der Waals surface area contributed by atoms with Crippen LogP contribution in [0.15, 0.2) is 0 Å². The highest BCUT2D eigenvalue weighted by Gasteiger charge is 2.34. The Balaban J connectivity index is 1.71. The van der Waals surface area contributed by atoms with Crippen molar-refractivity contribution < 1.29 is 4.84 Å². The highest BCUT2D eigenvalue weighted by atomic mass is 16.6. The van der Waals surface area contributed by atoms with E-state index in [0.29, 0.717) is 6.04 Å². The van der Waals surface area contributed by atoms with E-state index in [-0.39, 0.29) is 0 Å². The number of hydroxylamine groups is 1. The normalized spacial score (nSPS) is 34.8. The van der Waals surface area contributed by atoms with Gasteiger partial charge in [-0.15, -0.1) is 0 Å². The lowest BCUT2D eigenvalue weighted by molar-refractivity contribution is 0.00748. The molecule has 0 bridgehead atoms. The summed E-state index contributed by atoms with van der Waals surface area (Å²) in [6, 6.07) is 0.638. The zero-order valence-electron chi connectivity index (χ0n) is 8.59. The Labute approximate surface area is 81.0 Å². The Bertz CT molecular complexity index is 156. The van der Waals surface area contributed by atoms with Crippen LogP contribution in [0.1, 0.15) is 45.4 Å². The molecule has 0 aliphatic heterocycles. The van der Waals surface area contributed by atoms with Crippen LogP contribution in [0.3, 0.4) is 0 Å². The second-order valence-electron chi connectivity index (χ2n) is 4.51. The molecule has 0 aromatic carbocycles. The van der Waals surface area contributed by atoms with Gasteiger partial charge in [0, 0.05) is 6.04 Å². The monoisotopic (exact) mass is 183 g/mol. The maximum atomic E-state index is 5.27. The summed E-state index contributed by atoms with van der Waals surface area (Å²) in [7, 11) is 0. The molecule has 13 heavy (non-hydrogen) atoms. The molecule has 2 aliphatic carbocycles. The lowest BCUT2D eigenvalue weighted by Gasteiger charge is -2.29. The molecule has 0 aromatic heterocycles. The highest BCUT2D eigenvalue weighted by molar-refractivity contribution is 4.86. The summed E-state index contributed by atoms with van der Waals surface area (Å²) < 4.78 is 0. The Morgan fingerprint density at radius 2 is 2.00 bits per heavy atom. The molecule has 2 saturated carbocycles. The molecular formula is C11H21NO. The summed E-state index contributed by atoms with van der Waals surface area (Å²) >= 11 is 0. The smallest absolute Gasteiger partial charge is 0.0654 e. The van der Waals surface area contributed by atoms with Crippen molar-refractivity contribution in [1.82, 2.24) is 5.48 Å². The van der Waals surface area contributed by atoms with Crippen LogP contribution >= 0.6 is 0 Å². The molecule has 1 N–H and O–H groups in total. The van der Waals surface area contributed by atoms with Crippen molar-refractivity contribution in [1.29, 1.82) is 0 Å². The van der Waals surface area contributed by atoms with Gasteiger partial charge in [0.2, 0.25) is 0 Å². The topological polar surface area (TPSA) is 21.3 Å². The first-order valence-corrected chi connectivity index (χ1v) is 5.77. The summed E-state index contributed by atoms with van der Waals surface area (Å²) in [6.07, 6.45) is 8.51. The van der Waals surface area contributed by atoms with Crippen LogP contribution in [0, 0.1) is 11.8 Å². The van der Waals surface area contributed by atoms with E-state index >= 15 is 0 Å². The minimum Gasteiger partial charge on any atom is -0.302 e. The number of hydrogen-bond acceptors (Lipinski definition) is 2. The zero-order chi connectivity index (χ0) is 9.10. The molecule has 2 nitrogen and oxygen atoms in total. The van der Waals surface area contributed by atoms with Crippen LogP contribution in [0.25, 0.3) is 0 Å².